The van der Waals surface area contributed by atoms with Crippen LogP contribution >= 0.6 is 0 Å². The van der Waals surface area contributed by atoms with Crippen molar-refractivity contribution in [2.75, 3.05) is 6.61 Å². The number of aliphatic hydroxyl groups is 1. The molecular formula is C21H26N2O2. The third kappa shape index (κ3) is 4.02. The maximum atomic E-state index is 10.0. The topological polar surface area (TPSA) is 47.3 Å². The Bertz CT molecular complexity index is 852. The summed E-state index contributed by atoms with van der Waals surface area (Å²) in [7, 11) is 0. The molecule has 1 heterocycles. The van der Waals surface area contributed by atoms with Crippen LogP contribution in [0, 0.1) is 13.8 Å². The van der Waals surface area contributed by atoms with Crippen molar-refractivity contribution in [2.24, 2.45) is 0 Å². The van der Waals surface area contributed by atoms with Crippen molar-refractivity contribution in [2.45, 2.75) is 46.3 Å². The maximum absolute atomic E-state index is 10.0. The zero-order chi connectivity index (χ0) is 17.8. The molecule has 0 amide bonds. The van der Waals surface area contributed by atoms with E-state index in [0.717, 1.165) is 42.0 Å². The third-order valence-corrected chi connectivity index (χ3v) is 4.44. The lowest BCUT2D eigenvalue weighted by atomic mass is 10.1. The van der Waals surface area contributed by atoms with E-state index in [9.17, 15) is 5.11 Å². The van der Waals surface area contributed by atoms with Crippen LogP contribution in [-0.4, -0.2) is 21.3 Å². The number of rotatable bonds is 7. The molecule has 0 bridgehead atoms. The molecule has 2 aromatic carbocycles. The average Bonchev–Trinajstić information content (AvgIpc) is 2.97. The normalized spacial score (nSPS) is 12.5. The Labute approximate surface area is 149 Å². The lowest BCUT2D eigenvalue weighted by molar-refractivity contribution is 0.184. The standard InChI is InChI=1S/C21H26N2O2/c1-15-10-11-16(2)20(14-15)25-13-7-6-12-23-19-9-5-4-8-18(19)22-21(23)17(3)24/h4-5,8-11,14,17,24H,6-7,12-13H2,1-3H3. The number of aromatic nitrogens is 2. The van der Waals surface area contributed by atoms with E-state index in [1.165, 1.54) is 11.1 Å². The maximum Gasteiger partial charge on any atom is 0.138 e. The van der Waals surface area contributed by atoms with Crippen molar-refractivity contribution in [1.29, 1.82) is 0 Å². The fourth-order valence-corrected chi connectivity index (χ4v) is 3.06. The molecule has 0 aliphatic rings. The Kier molecular flexibility index (Phi) is 5.39. The second-order valence-corrected chi connectivity index (χ2v) is 6.61. The number of unbranched alkanes of at least 4 members (excludes halogenated alkanes) is 1. The number of hydrogen-bond donors (Lipinski definition) is 1. The number of benzene rings is 2. The first-order chi connectivity index (χ1) is 12.1. The summed E-state index contributed by atoms with van der Waals surface area (Å²) in [6, 6.07) is 14.3. The molecule has 4 nitrogen and oxygen atoms in total. The molecule has 0 fully saturated rings. The van der Waals surface area contributed by atoms with Crippen molar-refractivity contribution in [3.63, 3.8) is 0 Å². The van der Waals surface area contributed by atoms with E-state index < -0.39 is 6.10 Å². The molecule has 0 saturated carbocycles. The summed E-state index contributed by atoms with van der Waals surface area (Å²) in [6.45, 7) is 7.44. The minimum absolute atomic E-state index is 0.571. The molecule has 25 heavy (non-hydrogen) atoms. The average molecular weight is 338 g/mol. The molecule has 0 aliphatic carbocycles. The number of para-hydroxylation sites is 2. The van der Waals surface area contributed by atoms with Crippen LogP contribution in [0.4, 0.5) is 0 Å². The predicted octanol–water partition coefficient (Wildman–Crippen LogP) is 4.57. The number of fused-ring (bicyclic) bond motifs is 1. The predicted molar refractivity (Wildman–Crippen MR) is 101 cm³/mol. The Morgan fingerprint density at radius 3 is 2.72 bits per heavy atom. The van der Waals surface area contributed by atoms with Gasteiger partial charge in [0.25, 0.3) is 0 Å². The molecule has 132 valence electrons. The van der Waals surface area contributed by atoms with Gasteiger partial charge in [-0.1, -0.05) is 24.3 Å². The lowest BCUT2D eigenvalue weighted by Gasteiger charge is -2.12. The van der Waals surface area contributed by atoms with Gasteiger partial charge < -0.3 is 14.4 Å². The van der Waals surface area contributed by atoms with E-state index in [0.29, 0.717) is 6.61 Å². The van der Waals surface area contributed by atoms with E-state index >= 15 is 0 Å². The van der Waals surface area contributed by atoms with Gasteiger partial charge in [-0.05, 0) is 62.9 Å². The van der Waals surface area contributed by atoms with Crippen LogP contribution in [0.2, 0.25) is 0 Å². The zero-order valence-electron chi connectivity index (χ0n) is 15.2. The summed E-state index contributed by atoms with van der Waals surface area (Å²) in [5.74, 6) is 1.70. The monoisotopic (exact) mass is 338 g/mol. The first kappa shape index (κ1) is 17.5. The Morgan fingerprint density at radius 1 is 1.12 bits per heavy atom. The van der Waals surface area contributed by atoms with E-state index in [1.54, 1.807) is 6.92 Å². The van der Waals surface area contributed by atoms with Crippen molar-refractivity contribution in [1.82, 2.24) is 9.55 Å². The number of aryl methyl sites for hydroxylation is 3. The van der Waals surface area contributed by atoms with Crippen LogP contribution < -0.4 is 4.74 Å². The quantitative estimate of drug-likeness (QED) is 0.642. The fraction of sp³-hybridized carbons (Fsp3) is 0.381. The fourth-order valence-electron chi connectivity index (χ4n) is 3.06. The Balaban J connectivity index is 1.60. The molecule has 0 spiro atoms. The van der Waals surface area contributed by atoms with Crippen LogP contribution in [0.25, 0.3) is 11.0 Å². The van der Waals surface area contributed by atoms with E-state index in [-0.39, 0.29) is 0 Å². The van der Waals surface area contributed by atoms with Crippen molar-refractivity contribution in [3.8, 4) is 5.75 Å². The van der Waals surface area contributed by atoms with Gasteiger partial charge in [-0.2, -0.15) is 0 Å². The smallest absolute Gasteiger partial charge is 0.138 e. The number of hydrogen-bond acceptors (Lipinski definition) is 3. The summed E-state index contributed by atoms with van der Waals surface area (Å²) in [4.78, 5) is 4.56. The minimum Gasteiger partial charge on any atom is -0.493 e. The molecule has 1 unspecified atom stereocenters. The second kappa shape index (κ2) is 7.70. The molecule has 4 heteroatoms. The van der Waals surface area contributed by atoms with E-state index in [1.807, 2.05) is 18.2 Å². The summed E-state index contributed by atoms with van der Waals surface area (Å²) in [5.41, 5.74) is 4.40. The molecule has 1 atom stereocenters. The molecule has 0 radical (unpaired) electrons. The van der Waals surface area contributed by atoms with Gasteiger partial charge in [-0.15, -0.1) is 0 Å². The molecule has 3 aromatic rings. The number of nitrogens with zero attached hydrogens (tertiary/aromatic N) is 2. The highest BCUT2D eigenvalue weighted by molar-refractivity contribution is 5.75. The van der Waals surface area contributed by atoms with Gasteiger partial charge in [0.1, 0.15) is 17.7 Å². The molecule has 0 aliphatic heterocycles. The van der Waals surface area contributed by atoms with Gasteiger partial charge >= 0.3 is 0 Å². The van der Waals surface area contributed by atoms with Crippen molar-refractivity contribution < 1.29 is 9.84 Å². The highest BCUT2D eigenvalue weighted by Gasteiger charge is 2.14. The largest absolute Gasteiger partial charge is 0.493 e. The summed E-state index contributed by atoms with van der Waals surface area (Å²) >= 11 is 0. The van der Waals surface area contributed by atoms with Gasteiger partial charge in [-0.25, -0.2) is 4.98 Å². The Morgan fingerprint density at radius 2 is 1.92 bits per heavy atom. The van der Waals surface area contributed by atoms with Gasteiger partial charge in [-0.3, -0.25) is 0 Å². The van der Waals surface area contributed by atoms with Crippen LogP contribution in [-0.2, 0) is 6.54 Å². The zero-order valence-corrected chi connectivity index (χ0v) is 15.2. The Hall–Kier alpha value is -2.33. The second-order valence-electron chi connectivity index (χ2n) is 6.61. The van der Waals surface area contributed by atoms with Crippen molar-refractivity contribution in [3.05, 3.63) is 59.4 Å². The van der Waals surface area contributed by atoms with Crippen molar-refractivity contribution >= 4 is 11.0 Å². The summed E-state index contributed by atoms with van der Waals surface area (Å²) in [5, 5.41) is 10.0. The molecule has 1 N–H and O–H groups in total. The van der Waals surface area contributed by atoms with E-state index in [4.69, 9.17) is 4.74 Å². The molecular weight excluding hydrogens is 312 g/mol. The highest BCUT2D eigenvalue weighted by atomic mass is 16.5. The number of imidazole rings is 1. The van der Waals surface area contributed by atoms with E-state index in [2.05, 4.69) is 47.7 Å². The van der Waals surface area contributed by atoms with Crippen LogP contribution in [0.15, 0.2) is 42.5 Å². The van der Waals surface area contributed by atoms with Gasteiger partial charge in [0.15, 0.2) is 0 Å². The molecule has 1 aromatic heterocycles. The molecule has 0 saturated heterocycles. The van der Waals surface area contributed by atoms with Crippen LogP contribution in [0.3, 0.4) is 0 Å². The van der Waals surface area contributed by atoms with Gasteiger partial charge in [0.05, 0.1) is 17.6 Å². The third-order valence-electron chi connectivity index (χ3n) is 4.44. The summed E-state index contributed by atoms with van der Waals surface area (Å²) < 4.78 is 8.05. The highest BCUT2D eigenvalue weighted by Crippen LogP contribution is 2.22. The van der Waals surface area contributed by atoms with Crippen LogP contribution in [0.5, 0.6) is 5.75 Å². The molecule has 3 rings (SSSR count). The number of aliphatic hydroxyl groups excluding tert-OH is 1. The SMILES string of the molecule is Cc1ccc(C)c(OCCCCn2c(C(C)O)nc3ccccc32)c1. The lowest BCUT2D eigenvalue weighted by Crippen LogP contribution is -2.08. The first-order valence-corrected chi connectivity index (χ1v) is 8.89. The first-order valence-electron chi connectivity index (χ1n) is 8.89. The number of ether oxygens (including phenoxy) is 1. The van der Waals surface area contributed by atoms with Crippen LogP contribution in [0.1, 0.15) is 42.8 Å². The summed E-state index contributed by atoms with van der Waals surface area (Å²) in [6.07, 6.45) is 1.36. The van der Waals surface area contributed by atoms with Gasteiger partial charge in [0.2, 0.25) is 0 Å². The minimum atomic E-state index is -0.571. The van der Waals surface area contributed by atoms with Gasteiger partial charge in [0, 0.05) is 6.54 Å².